The molecule has 0 saturated carbocycles. The Morgan fingerprint density at radius 3 is 2.50 bits per heavy atom. The number of rotatable bonds is 4. The second-order valence-electron chi connectivity index (χ2n) is 4.55. The third-order valence-corrected chi connectivity index (χ3v) is 3.90. The van der Waals surface area contributed by atoms with Crippen LogP contribution in [-0.4, -0.2) is 27.5 Å². The molecule has 1 aromatic carbocycles. The van der Waals surface area contributed by atoms with E-state index >= 15 is 0 Å². The van der Waals surface area contributed by atoms with Crippen molar-refractivity contribution >= 4 is 15.9 Å². The van der Waals surface area contributed by atoms with Gasteiger partial charge in [0.2, 0.25) is 5.91 Å². The molecule has 1 heterocycles. The van der Waals surface area contributed by atoms with Gasteiger partial charge in [0, 0.05) is 12.0 Å². The Morgan fingerprint density at radius 2 is 1.85 bits per heavy atom. The van der Waals surface area contributed by atoms with E-state index in [4.69, 9.17) is 9.47 Å². The molecule has 2 N–H and O–H groups in total. The summed E-state index contributed by atoms with van der Waals surface area (Å²) in [6.45, 7) is 4.12. The van der Waals surface area contributed by atoms with Gasteiger partial charge in [-0.2, -0.15) is 0 Å². The van der Waals surface area contributed by atoms with Gasteiger partial charge in [0.25, 0.3) is 10.0 Å². The first-order valence-corrected chi connectivity index (χ1v) is 7.60. The Hall–Kier alpha value is -1.80. The quantitative estimate of drug-likeness (QED) is 0.786. The summed E-state index contributed by atoms with van der Waals surface area (Å²) in [6.07, 6.45) is 0. The third-order valence-electron chi connectivity index (χ3n) is 2.66. The van der Waals surface area contributed by atoms with Gasteiger partial charge in [-0.3, -0.25) is 10.2 Å². The molecule has 0 bridgehead atoms. The van der Waals surface area contributed by atoms with Crippen LogP contribution < -0.4 is 19.7 Å². The maximum absolute atomic E-state index is 12.0. The topological polar surface area (TPSA) is 93.7 Å². The lowest BCUT2D eigenvalue weighted by molar-refractivity contribution is -0.124. The van der Waals surface area contributed by atoms with E-state index in [0.29, 0.717) is 24.7 Å². The van der Waals surface area contributed by atoms with Crippen molar-refractivity contribution in [2.45, 2.75) is 18.7 Å². The molecule has 1 aliphatic rings. The van der Waals surface area contributed by atoms with Gasteiger partial charge in [-0.25, -0.2) is 8.42 Å². The standard InChI is InChI=1S/C12H16N2O5S/c1-8(2)12(15)13-14-20(16,17)9-3-4-10-11(7-9)19-6-5-18-10/h3-4,7-8,14H,5-6H2,1-2H3,(H,13,15). The van der Waals surface area contributed by atoms with E-state index < -0.39 is 15.9 Å². The normalized spacial score (nSPS) is 14.2. The SMILES string of the molecule is CC(C)C(=O)NNS(=O)(=O)c1ccc2c(c1)OCCO2. The molecule has 0 radical (unpaired) electrons. The Bertz CT molecular complexity index is 612. The van der Waals surface area contributed by atoms with Gasteiger partial charge < -0.3 is 9.47 Å². The minimum absolute atomic E-state index is 0.00851. The van der Waals surface area contributed by atoms with Crippen LogP contribution in [0.15, 0.2) is 23.1 Å². The number of carbonyl (C=O) groups is 1. The highest BCUT2D eigenvalue weighted by Crippen LogP contribution is 2.31. The van der Waals surface area contributed by atoms with Gasteiger partial charge >= 0.3 is 0 Å². The number of hydrogen-bond acceptors (Lipinski definition) is 5. The lowest BCUT2D eigenvalue weighted by Crippen LogP contribution is -2.43. The van der Waals surface area contributed by atoms with Crippen LogP contribution in [-0.2, 0) is 14.8 Å². The van der Waals surface area contributed by atoms with Crippen LogP contribution in [0.4, 0.5) is 0 Å². The molecule has 2 rings (SSSR count). The molecule has 0 saturated heterocycles. The van der Waals surface area contributed by atoms with Gasteiger partial charge in [0.15, 0.2) is 11.5 Å². The van der Waals surface area contributed by atoms with Crippen molar-refractivity contribution in [1.82, 2.24) is 10.3 Å². The summed E-state index contributed by atoms with van der Waals surface area (Å²) in [5.74, 6) is 0.139. The molecule has 8 heteroatoms. The number of ether oxygens (including phenoxy) is 2. The van der Waals surface area contributed by atoms with Crippen molar-refractivity contribution in [2.24, 2.45) is 5.92 Å². The molecule has 1 aromatic rings. The van der Waals surface area contributed by atoms with Crippen molar-refractivity contribution in [3.63, 3.8) is 0 Å². The smallest absolute Gasteiger partial charge is 0.257 e. The first-order chi connectivity index (χ1) is 9.40. The molecule has 110 valence electrons. The zero-order valence-electron chi connectivity index (χ0n) is 11.2. The Balaban J connectivity index is 2.15. The second kappa shape index (κ2) is 5.68. The van der Waals surface area contributed by atoms with Crippen molar-refractivity contribution in [3.05, 3.63) is 18.2 Å². The lowest BCUT2D eigenvalue weighted by Gasteiger charge is -2.19. The molecule has 0 aliphatic carbocycles. The van der Waals surface area contributed by atoms with Crippen LogP contribution in [0.5, 0.6) is 11.5 Å². The zero-order valence-corrected chi connectivity index (χ0v) is 12.0. The lowest BCUT2D eigenvalue weighted by atomic mass is 10.2. The fourth-order valence-corrected chi connectivity index (χ4v) is 2.37. The van der Waals surface area contributed by atoms with Crippen molar-refractivity contribution in [2.75, 3.05) is 13.2 Å². The summed E-state index contributed by atoms with van der Waals surface area (Å²) < 4.78 is 34.7. The molecular formula is C12H16N2O5S. The van der Waals surface area contributed by atoms with Gasteiger partial charge in [0.1, 0.15) is 13.2 Å². The fraction of sp³-hybridized carbons (Fsp3) is 0.417. The third kappa shape index (κ3) is 3.20. The molecule has 0 fully saturated rings. The van der Waals surface area contributed by atoms with Crippen molar-refractivity contribution in [3.8, 4) is 11.5 Å². The van der Waals surface area contributed by atoms with Crippen LogP contribution in [0.1, 0.15) is 13.8 Å². The minimum Gasteiger partial charge on any atom is -0.486 e. The molecular weight excluding hydrogens is 284 g/mol. The van der Waals surface area contributed by atoms with Crippen LogP contribution >= 0.6 is 0 Å². The first-order valence-electron chi connectivity index (χ1n) is 6.11. The summed E-state index contributed by atoms with van der Waals surface area (Å²) in [5, 5.41) is 0. The molecule has 0 unspecified atom stereocenters. The summed E-state index contributed by atoms with van der Waals surface area (Å²) in [7, 11) is -3.84. The molecule has 1 aliphatic heterocycles. The molecule has 20 heavy (non-hydrogen) atoms. The van der Waals surface area contributed by atoms with E-state index in [2.05, 4.69) is 5.43 Å². The highest BCUT2D eigenvalue weighted by atomic mass is 32.2. The number of fused-ring (bicyclic) bond motifs is 1. The van der Waals surface area contributed by atoms with E-state index in [1.165, 1.54) is 18.2 Å². The van der Waals surface area contributed by atoms with E-state index in [9.17, 15) is 13.2 Å². The Kier molecular flexibility index (Phi) is 4.15. The monoisotopic (exact) mass is 300 g/mol. The van der Waals surface area contributed by atoms with Crippen LogP contribution in [0.3, 0.4) is 0 Å². The average molecular weight is 300 g/mol. The highest BCUT2D eigenvalue weighted by Gasteiger charge is 2.20. The largest absolute Gasteiger partial charge is 0.486 e. The molecule has 0 aromatic heterocycles. The predicted octanol–water partition coefficient (Wildman–Crippen LogP) is 0.423. The average Bonchev–Trinajstić information content (AvgIpc) is 2.44. The van der Waals surface area contributed by atoms with E-state index in [1.807, 2.05) is 4.83 Å². The van der Waals surface area contributed by atoms with Crippen LogP contribution in [0.2, 0.25) is 0 Å². The van der Waals surface area contributed by atoms with Gasteiger partial charge in [-0.1, -0.05) is 13.8 Å². The van der Waals surface area contributed by atoms with E-state index in [0.717, 1.165) is 0 Å². The maximum atomic E-state index is 12.0. The number of carbonyl (C=O) groups excluding carboxylic acids is 1. The predicted molar refractivity (Wildman–Crippen MR) is 70.7 cm³/mol. The summed E-state index contributed by atoms with van der Waals surface area (Å²) in [6, 6.07) is 4.27. The molecule has 0 spiro atoms. The van der Waals surface area contributed by atoms with Gasteiger partial charge in [-0.05, 0) is 12.1 Å². The van der Waals surface area contributed by atoms with Crippen LogP contribution in [0.25, 0.3) is 0 Å². The minimum atomic E-state index is -3.84. The van der Waals surface area contributed by atoms with E-state index in [-0.39, 0.29) is 10.8 Å². The zero-order chi connectivity index (χ0) is 14.8. The molecule has 0 atom stereocenters. The molecule has 7 nitrogen and oxygen atoms in total. The number of benzene rings is 1. The highest BCUT2D eigenvalue weighted by molar-refractivity contribution is 7.89. The van der Waals surface area contributed by atoms with Crippen molar-refractivity contribution < 1.29 is 22.7 Å². The van der Waals surface area contributed by atoms with Gasteiger partial charge in [0.05, 0.1) is 4.90 Å². The maximum Gasteiger partial charge on any atom is 0.257 e. The Morgan fingerprint density at radius 1 is 1.20 bits per heavy atom. The summed E-state index contributed by atoms with van der Waals surface area (Å²) in [5.41, 5.74) is 2.15. The van der Waals surface area contributed by atoms with Crippen LogP contribution in [0, 0.1) is 5.92 Å². The summed E-state index contributed by atoms with van der Waals surface area (Å²) >= 11 is 0. The van der Waals surface area contributed by atoms with E-state index in [1.54, 1.807) is 13.8 Å². The van der Waals surface area contributed by atoms with Gasteiger partial charge in [-0.15, -0.1) is 4.83 Å². The Labute approximate surface area is 117 Å². The number of hydrazine groups is 1. The fourth-order valence-electron chi connectivity index (χ4n) is 1.51. The number of sulfonamides is 1. The first kappa shape index (κ1) is 14.6. The number of hydrogen-bond donors (Lipinski definition) is 2. The molecule has 1 amide bonds. The number of amides is 1. The second-order valence-corrected chi connectivity index (χ2v) is 6.24. The van der Waals surface area contributed by atoms with Crippen molar-refractivity contribution in [1.29, 1.82) is 0 Å². The number of nitrogens with one attached hydrogen (secondary N) is 2. The summed E-state index contributed by atoms with van der Waals surface area (Å²) in [4.78, 5) is 13.4.